The SMILES string of the molecule is CCCCCCCCCCCOC(=O)CCCOc1ccc(Cl)cc1C. The second-order valence-electron chi connectivity index (χ2n) is 6.91. The number of rotatable bonds is 15. The van der Waals surface area contributed by atoms with Crippen molar-refractivity contribution in [2.75, 3.05) is 13.2 Å². The molecule has 0 unspecified atom stereocenters. The molecule has 0 radical (unpaired) electrons. The summed E-state index contributed by atoms with van der Waals surface area (Å²) < 4.78 is 11.0. The maximum absolute atomic E-state index is 11.7. The number of benzene rings is 1. The molecule has 1 rings (SSSR count). The van der Waals surface area contributed by atoms with Gasteiger partial charge in [-0.25, -0.2) is 0 Å². The minimum Gasteiger partial charge on any atom is -0.493 e. The third kappa shape index (κ3) is 11.4. The van der Waals surface area contributed by atoms with E-state index in [1.165, 1.54) is 44.9 Å². The van der Waals surface area contributed by atoms with Crippen molar-refractivity contribution in [2.45, 2.75) is 84.5 Å². The van der Waals surface area contributed by atoms with E-state index in [-0.39, 0.29) is 5.97 Å². The van der Waals surface area contributed by atoms with Crippen molar-refractivity contribution >= 4 is 17.6 Å². The lowest BCUT2D eigenvalue weighted by molar-refractivity contribution is -0.144. The first-order valence-electron chi connectivity index (χ1n) is 10.2. The molecule has 148 valence electrons. The van der Waals surface area contributed by atoms with E-state index >= 15 is 0 Å². The number of unbranched alkanes of at least 4 members (excludes halogenated alkanes) is 8. The number of aryl methyl sites for hydroxylation is 1. The fourth-order valence-electron chi connectivity index (χ4n) is 2.84. The fraction of sp³-hybridized carbons (Fsp3) is 0.682. The standard InChI is InChI=1S/C22H35ClO3/c1-3-4-5-6-7-8-9-10-11-16-26-22(24)13-12-17-25-21-15-14-20(23)18-19(21)2/h14-15,18H,3-13,16-17H2,1-2H3. The van der Waals surface area contributed by atoms with Crippen LogP contribution in [0, 0.1) is 6.92 Å². The summed E-state index contributed by atoms with van der Waals surface area (Å²) in [5.74, 6) is 0.693. The van der Waals surface area contributed by atoms with Crippen LogP contribution in [0.3, 0.4) is 0 Å². The number of hydrogen-bond donors (Lipinski definition) is 0. The minimum absolute atomic E-state index is 0.124. The van der Waals surface area contributed by atoms with Crippen LogP contribution in [0.4, 0.5) is 0 Å². The molecule has 0 atom stereocenters. The molecule has 0 saturated heterocycles. The minimum atomic E-state index is -0.124. The van der Waals surface area contributed by atoms with Crippen molar-refractivity contribution in [1.82, 2.24) is 0 Å². The molecule has 0 saturated carbocycles. The second kappa shape index (κ2) is 14.9. The Morgan fingerprint density at radius 3 is 2.23 bits per heavy atom. The van der Waals surface area contributed by atoms with Gasteiger partial charge in [0.15, 0.2) is 0 Å². The lowest BCUT2D eigenvalue weighted by Gasteiger charge is -2.09. The van der Waals surface area contributed by atoms with Crippen molar-refractivity contribution in [3.8, 4) is 5.75 Å². The van der Waals surface area contributed by atoms with Gasteiger partial charge in [0.2, 0.25) is 0 Å². The molecular weight excluding hydrogens is 348 g/mol. The third-order valence-corrected chi connectivity index (χ3v) is 4.67. The molecule has 1 aromatic carbocycles. The summed E-state index contributed by atoms with van der Waals surface area (Å²) in [4.78, 5) is 11.7. The summed E-state index contributed by atoms with van der Waals surface area (Å²) >= 11 is 5.92. The molecule has 4 heteroatoms. The van der Waals surface area contributed by atoms with E-state index in [0.717, 1.165) is 24.2 Å². The Morgan fingerprint density at radius 1 is 0.923 bits per heavy atom. The number of carbonyl (C=O) groups excluding carboxylic acids is 1. The van der Waals surface area contributed by atoms with E-state index in [9.17, 15) is 4.79 Å². The van der Waals surface area contributed by atoms with Crippen molar-refractivity contribution in [3.05, 3.63) is 28.8 Å². The van der Waals surface area contributed by atoms with Crippen molar-refractivity contribution in [1.29, 1.82) is 0 Å². The van der Waals surface area contributed by atoms with E-state index in [1.54, 1.807) is 0 Å². The van der Waals surface area contributed by atoms with E-state index in [2.05, 4.69) is 6.92 Å². The monoisotopic (exact) mass is 382 g/mol. The van der Waals surface area contributed by atoms with Gasteiger partial charge in [0.25, 0.3) is 0 Å². The Hall–Kier alpha value is -1.22. The molecule has 0 aliphatic heterocycles. The first kappa shape index (κ1) is 22.8. The molecule has 3 nitrogen and oxygen atoms in total. The number of halogens is 1. The fourth-order valence-corrected chi connectivity index (χ4v) is 3.07. The van der Waals surface area contributed by atoms with Gasteiger partial charge in [-0.05, 0) is 43.5 Å². The highest BCUT2D eigenvalue weighted by atomic mass is 35.5. The van der Waals surface area contributed by atoms with Crippen LogP contribution in [0.15, 0.2) is 18.2 Å². The van der Waals surface area contributed by atoms with Gasteiger partial charge in [0.1, 0.15) is 5.75 Å². The summed E-state index contributed by atoms with van der Waals surface area (Å²) in [6.45, 7) is 5.26. The molecule has 0 fully saturated rings. The van der Waals surface area contributed by atoms with Gasteiger partial charge in [-0.3, -0.25) is 4.79 Å². The van der Waals surface area contributed by atoms with Gasteiger partial charge in [-0.15, -0.1) is 0 Å². The van der Waals surface area contributed by atoms with Crippen LogP contribution in [0.2, 0.25) is 5.02 Å². The van der Waals surface area contributed by atoms with Crippen LogP contribution >= 0.6 is 11.6 Å². The van der Waals surface area contributed by atoms with Crippen LogP contribution < -0.4 is 4.74 Å². The number of hydrogen-bond acceptors (Lipinski definition) is 3. The molecule has 0 amide bonds. The Morgan fingerprint density at radius 2 is 1.58 bits per heavy atom. The van der Waals surface area contributed by atoms with Crippen LogP contribution in [-0.4, -0.2) is 19.2 Å². The first-order valence-corrected chi connectivity index (χ1v) is 10.6. The Kier molecular flexibility index (Phi) is 13.1. The topological polar surface area (TPSA) is 35.5 Å². The highest BCUT2D eigenvalue weighted by molar-refractivity contribution is 6.30. The van der Waals surface area contributed by atoms with Gasteiger partial charge >= 0.3 is 5.97 Å². The molecule has 0 aromatic heterocycles. The highest BCUT2D eigenvalue weighted by Gasteiger charge is 2.04. The van der Waals surface area contributed by atoms with Gasteiger partial charge in [-0.2, -0.15) is 0 Å². The van der Waals surface area contributed by atoms with E-state index in [0.29, 0.717) is 31.1 Å². The normalized spacial score (nSPS) is 10.7. The number of esters is 1. The molecule has 0 heterocycles. The number of ether oxygens (including phenoxy) is 2. The Bertz CT molecular complexity index is 502. The zero-order valence-electron chi connectivity index (χ0n) is 16.5. The van der Waals surface area contributed by atoms with E-state index in [4.69, 9.17) is 21.1 Å². The molecule has 0 aliphatic carbocycles. The Labute approximate surface area is 164 Å². The van der Waals surface area contributed by atoms with Crippen LogP contribution in [0.25, 0.3) is 0 Å². The number of carbonyl (C=O) groups is 1. The summed E-state index contributed by atoms with van der Waals surface area (Å²) in [7, 11) is 0. The molecule has 1 aromatic rings. The highest BCUT2D eigenvalue weighted by Crippen LogP contribution is 2.21. The summed E-state index contributed by atoms with van der Waals surface area (Å²) in [6, 6.07) is 5.54. The zero-order valence-corrected chi connectivity index (χ0v) is 17.3. The lowest BCUT2D eigenvalue weighted by Crippen LogP contribution is -2.08. The molecular formula is C22H35ClO3. The quantitative estimate of drug-likeness (QED) is 0.245. The van der Waals surface area contributed by atoms with E-state index < -0.39 is 0 Å². The molecule has 26 heavy (non-hydrogen) atoms. The smallest absolute Gasteiger partial charge is 0.305 e. The molecule has 0 spiro atoms. The van der Waals surface area contributed by atoms with E-state index in [1.807, 2.05) is 25.1 Å². The Balaban J connectivity index is 1.92. The summed E-state index contributed by atoms with van der Waals surface area (Å²) in [5, 5.41) is 0.704. The summed E-state index contributed by atoms with van der Waals surface area (Å²) in [6.07, 6.45) is 12.5. The van der Waals surface area contributed by atoms with Gasteiger partial charge < -0.3 is 9.47 Å². The molecule has 0 N–H and O–H groups in total. The third-order valence-electron chi connectivity index (χ3n) is 4.43. The molecule has 0 bridgehead atoms. The molecule has 0 aliphatic rings. The van der Waals surface area contributed by atoms with Gasteiger partial charge in [0, 0.05) is 11.4 Å². The lowest BCUT2D eigenvalue weighted by atomic mass is 10.1. The second-order valence-corrected chi connectivity index (χ2v) is 7.35. The van der Waals surface area contributed by atoms with Crippen LogP contribution in [0.5, 0.6) is 5.75 Å². The summed E-state index contributed by atoms with van der Waals surface area (Å²) in [5.41, 5.74) is 1.01. The van der Waals surface area contributed by atoms with Crippen molar-refractivity contribution in [2.24, 2.45) is 0 Å². The maximum atomic E-state index is 11.7. The average molecular weight is 383 g/mol. The van der Waals surface area contributed by atoms with Crippen molar-refractivity contribution < 1.29 is 14.3 Å². The van der Waals surface area contributed by atoms with Gasteiger partial charge in [-0.1, -0.05) is 69.9 Å². The van der Waals surface area contributed by atoms with Crippen LogP contribution in [0.1, 0.15) is 83.1 Å². The maximum Gasteiger partial charge on any atom is 0.305 e. The predicted molar refractivity (Wildman–Crippen MR) is 109 cm³/mol. The predicted octanol–water partition coefficient (Wildman–Crippen LogP) is 6.88. The van der Waals surface area contributed by atoms with Crippen molar-refractivity contribution in [3.63, 3.8) is 0 Å². The average Bonchev–Trinajstić information content (AvgIpc) is 2.62. The first-order chi connectivity index (χ1) is 12.6. The van der Waals surface area contributed by atoms with Crippen LogP contribution in [-0.2, 0) is 9.53 Å². The largest absolute Gasteiger partial charge is 0.493 e. The zero-order chi connectivity index (χ0) is 19.0. The van der Waals surface area contributed by atoms with Gasteiger partial charge in [0.05, 0.1) is 13.2 Å².